The molecule has 0 aliphatic carbocycles. The van der Waals surface area contributed by atoms with Gasteiger partial charge in [0.25, 0.3) is 0 Å². The first-order valence-corrected chi connectivity index (χ1v) is 12.2. The zero-order valence-electron chi connectivity index (χ0n) is 20.3. The van der Waals surface area contributed by atoms with Gasteiger partial charge in [-0.1, -0.05) is 94.8 Å². The van der Waals surface area contributed by atoms with Crippen LogP contribution in [0.25, 0.3) is 5.57 Å². The van der Waals surface area contributed by atoms with Gasteiger partial charge in [-0.2, -0.15) is 5.26 Å². The molecule has 0 N–H and O–H groups in total. The third kappa shape index (κ3) is 8.42. The van der Waals surface area contributed by atoms with E-state index in [2.05, 4.69) is 19.9 Å². The number of methoxy groups -OCH3 is 1. The number of nitriles is 1. The van der Waals surface area contributed by atoms with Crippen molar-refractivity contribution in [3.8, 4) is 11.8 Å². The van der Waals surface area contributed by atoms with Crippen LogP contribution < -0.4 is 4.74 Å². The third-order valence-corrected chi connectivity index (χ3v) is 5.89. The largest absolute Gasteiger partial charge is 0.497 e. The quantitative estimate of drug-likeness (QED) is 0.132. The van der Waals surface area contributed by atoms with Crippen LogP contribution >= 0.6 is 0 Å². The summed E-state index contributed by atoms with van der Waals surface area (Å²) in [5.41, 5.74) is 2.20. The van der Waals surface area contributed by atoms with Crippen LogP contribution in [0.15, 0.2) is 60.2 Å². The highest BCUT2D eigenvalue weighted by Crippen LogP contribution is 2.29. The first-order valence-electron chi connectivity index (χ1n) is 12.2. The van der Waals surface area contributed by atoms with E-state index in [9.17, 15) is 10.1 Å². The van der Waals surface area contributed by atoms with Crippen molar-refractivity contribution in [2.45, 2.75) is 65.2 Å². The number of carbonyl (C=O) groups excluding carboxylic acids is 1. The molecule has 33 heavy (non-hydrogen) atoms. The molecule has 2 aromatic carbocycles. The molecule has 0 radical (unpaired) electrons. The van der Waals surface area contributed by atoms with E-state index < -0.39 is 5.97 Å². The van der Waals surface area contributed by atoms with Crippen molar-refractivity contribution in [1.82, 2.24) is 0 Å². The first-order chi connectivity index (χ1) is 16.1. The summed E-state index contributed by atoms with van der Waals surface area (Å²) >= 11 is 0. The van der Waals surface area contributed by atoms with Gasteiger partial charge in [-0.15, -0.1) is 0 Å². The smallest absolute Gasteiger partial charge is 0.349 e. The Labute approximate surface area is 199 Å². The first kappa shape index (κ1) is 26.2. The number of unbranched alkanes of at least 4 members (excludes halogenated alkanes) is 4. The lowest BCUT2D eigenvalue weighted by atomic mass is 9.93. The molecule has 0 fully saturated rings. The van der Waals surface area contributed by atoms with Crippen molar-refractivity contribution in [3.05, 3.63) is 71.3 Å². The second-order valence-corrected chi connectivity index (χ2v) is 8.41. The summed E-state index contributed by atoms with van der Waals surface area (Å²) in [6.07, 6.45) is 9.17. The van der Waals surface area contributed by atoms with E-state index in [1.54, 1.807) is 7.11 Å². The van der Waals surface area contributed by atoms with Crippen LogP contribution in [0.5, 0.6) is 5.75 Å². The molecule has 0 aliphatic rings. The van der Waals surface area contributed by atoms with E-state index in [-0.39, 0.29) is 5.57 Å². The maximum absolute atomic E-state index is 13.1. The molecular weight excluding hydrogens is 410 g/mol. The summed E-state index contributed by atoms with van der Waals surface area (Å²) in [6, 6.07) is 19.0. The third-order valence-electron chi connectivity index (χ3n) is 5.89. The molecule has 2 rings (SSSR count). The maximum Gasteiger partial charge on any atom is 0.349 e. The van der Waals surface area contributed by atoms with E-state index >= 15 is 0 Å². The molecule has 1 atom stereocenters. The Morgan fingerprint density at radius 3 is 2.12 bits per heavy atom. The zero-order chi connectivity index (χ0) is 23.9. The summed E-state index contributed by atoms with van der Waals surface area (Å²) in [4.78, 5) is 13.1. The summed E-state index contributed by atoms with van der Waals surface area (Å²) in [5.74, 6) is 0.503. The highest BCUT2D eigenvalue weighted by molar-refractivity contribution is 6.05. The predicted octanol–water partition coefficient (Wildman–Crippen LogP) is 7.34. The van der Waals surface area contributed by atoms with Crippen LogP contribution in [0.1, 0.15) is 76.3 Å². The molecule has 0 spiro atoms. The molecule has 0 heterocycles. The zero-order valence-corrected chi connectivity index (χ0v) is 20.3. The molecule has 0 saturated heterocycles. The average Bonchev–Trinajstić information content (AvgIpc) is 2.86. The Kier molecular flexibility index (Phi) is 11.8. The molecule has 0 aromatic heterocycles. The Morgan fingerprint density at radius 1 is 0.879 bits per heavy atom. The molecule has 2 aromatic rings. The van der Waals surface area contributed by atoms with Crippen molar-refractivity contribution in [3.63, 3.8) is 0 Å². The van der Waals surface area contributed by atoms with Crippen LogP contribution in [-0.2, 0) is 9.53 Å². The van der Waals surface area contributed by atoms with E-state index in [0.29, 0.717) is 23.8 Å². The van der Waals surface area contributed by atoms with Gasteiger partial charge in [-0.3, -0.25) is 0 Å². The number of nitrogens with zero attached hydrogens (tertiary/aromatic N) is 1. The van der Waals surface area contributed by atoms with Crippen molar-refractivity contribution in [2.24, 2.45) is 5.92 Å². The van der Waals surface area contributed by atoms with Gasteiger partial charge in [0.1, 0.15) is 17.4 Å². The van der Waals surface area contributed by atoms with Crippen LogP contribution in [0.4, 0.5) is 0 Å². The molecular formula is C29H37NO3. The number of carbonyl (C=O) groups is 1. The van der Waals surface area contributed by atoms with Gasteiger partial charge >= 0.3 is 5.97 Å². The number of rotatable bonds is 14. The number of benzene rings is 2. The van der Waals surface area contributed by atoms with E-state index in [0.717, 1.165) is 43.2 Å². The summed E-state index contributed by atoms with van der Waals surface area (Å²) in [7, 11) is 1.61. The van der Waals surface area contributed by atoms with E-state index in [4.69, 9.17) is 9.47 Å². The fourth-order valence-electron chi connectivity index (χ4n) is 3.95. The summed E-state index contributed by atoms with van der Waals surface area (Å²) in [6.45, 7) is 4.75. The predicted molar refractivity (Wildman–Crippen MR) is 134 cm³/mol. The second-order valence-electron chi connectivity index (χ2n) is 8.41. The minimum absolute atomic E-state index is 0.0339. The highest BCUT2D eigenvalue weighted by atomic mass is 16.5. The topological polar surface area (TPSA) is 59.3 Å². The van der Waals surface area contributed by atoms with Gasteiger partial charge in [-0.25, -0.2) is 4.79 Å². The van der Waals surface area contributed by atoms with Crippen molar-refractivity contribution >= 4 is 11.5 Å². The van der Waals surface area contributed by atoms with Crippen molar-refractivity contribution in [2.75, 3.05) is 13.7 Å². The Hall–Kier alpha value is -3.06. The number of hydrogen-bond donors (Lipinski definition) is 0. The van der Waals surface area contributed by atoms with Crippen molar-refractivity contribution < 1.29 is 14.3 Å². The lowest BCUT2D eigenvalue weighted by Crippen LogP contribution is -2.17. The minimum atomic E-state index is -0.553. The van der Waals surface area contributed by atoms with Gasteiger partial charge in [0.05, 0.1) is 13.7 Å². The van der Waals surface area contributed by atoms with Crippen LogP contribution in [0.2, 0.25) is 0 Å². The van der Waals surface area contributed by atoms with Gasteiger partial charge in [0.15, 0.2) is 0 Å². The lowest BCUT2D eigenvalue weighted by Gasteiger charge is -2.17. The van der Waals surface area contributed by atoms with Gasteiger partial charge in [0.2, 0.25) is 0 Å². The molecule has 0 bridgehead atoms. The number of ether oxygens (including phenoxy) is 2. The normalized spacial score (nSPS) is 12.4. The highest BCUT2D eigenvalue weighted by Gasteiger charge is 2.21. The number of esters is 1. The molecule has 0 amide bonds. The molecule has 176 valence electrons. The minimum Gasteiger partial charge on any atom is -0.497 e. The Morgan fingerprint density at radius 2 is 1.52 bits per heavy atom. The number of hydrogen-bond acceptors (Lipinski definition) is 4. The van der Waals surface area contributed by atoms with Crippen LogP contribution in [-0.4, -0.2) is 19.7 Å². The SMILES string of the molecule is CCCCCCC(CCCC)COC(=O)/C(C#N)=C(/c1ccccc1)c1ccc(OC)cc1. The molecule has 1 unspecified atom stereocenters. The van der Waals surface area contributed by atoms with Crippen molar-refractivity contribution in [1.29, 1.82) is 5.26 Å². The monoisotopic (exact) mass is 447 g/mol. The summed E-state index contributed by atoms with van der Waals surface area (Å²) < 4.78 is 11.0. The van der Waals surface area contributed by atoms with Crippen LogP contribution in [0, 0.1) is 17.2 Å². The van der Waals surface area contributed by atoms with Gasteiger partial charge < -0.3 is 9.47 Å². The van der Waals surface area contributed by atoms with Gasteiger partial charge in [0, 0.05) is 5.57 Å². The van der Waals surface area contributed by atoms with E-state index in [1.165, 1.54) is 19.3 Å². The second kappa shape index (κ2) is 14.9. The fraction of sp³-hybridized carbons (Fsp3) is 0.448. The average molecular weight is 448 g/mol. The molecule has 0 saturated carbocycles. The molecule has 0 aliphatic heterocycles. The van der Waals surface area contributed by atoms with Crippen LogP contribution in [0.3, 0.4) is 0 Å². The molecule has 4 nitrogen and oxygen atoms in total. The van der Waals surface area contributed by atoms with Gasteiger partial charge in [-0.05, 0) is 42.0 Å². The Balaban J connectivity index is 2.27. The standard InChI is InChI=1S/C29H37NO3/c1-4-6-8-10-14-23(13-7-5-2)22-33-29(31)27(21-30)28(24-15-11-9-12-16-24)25-17-19-26(32-3)20-18-25/h9,11-12,15-20,23H,4-8,10,13-14,22H2,1-3H3/b28-27-. The molecule has 4 heteroatoms. The fourth-order valence-corrected chi connectivity index (χ4v) is 3.95. The lowest BCUT2D eigenvalue weighted by molar-refractivity contribution is -0.140. The Bertz CT molecular complexity index is 910. The summed E-state index contributed by atoms with van der Waals surface area (Å²) in [5, 5.41) is 9.96. The maximum atomic E-state index is 13.1. The van der Waals surface area contributed by atoms with E-state index in [1.807, 2.05) is 54.6 Å².